The van der Waals surface area contributed by atoms with Crippen LogP contribution in [-0.2, 0) is 16.3 Å². The quantitative estimate of drug-likeness (QED) is 0.807. The summed E-state index contributed by atoms with van der Waals surface area (Å²) >= 11 is 0. The molecule has 0 saturated carbocycles. The van der Waals surface area contributed by atoms with E-state index in [9.17, 15) is 13.2 Å². The summed E-state index contributed by atoms with van der Waals surface area (Å²) in [6.45, 7) is 0. The van der Waals surface area contributed by atoms with Crippen molar-refractivity contribution in [2.75, 3.05) is 5.75 Å². The molecule has 1 atom stereocenters. The number of rotatable bonds is 2. The van der Waals surface area contributed by atoms with Crippen LogP contribution in [0, 0.1) is 0 Å². The van der Waals surface area contributed by atoms with Gasteiger partial charge in [-0.15, -0.1) is 0 Å². The fourth-order valence-electron chi connectivity index (χ4n) is 1.97. The number of aromatic nitrogens is 2. The number of hydrogen-bond donors (Lipinski definition) is 1. The van der Waals surface area contributed by atoms with Gasteiger partial charge in [0.25, 0.3) is 5.56 Å². The van der Waals surface area contributed by atoms with Crippen molar-refractivity contribution >= 4 is 9.84 Å². The van der Waals surface area contributed by atoms with Crippen LogP contribution in [0.4, 0.5) is 0 Å². The van der Waals surface area contributed by atoms with Crippen molar-refractivity contribution < 1.29 is 8.42 Å². The Morgan fingerprint density at radius 3 is 2.81 bits per heavy atom. The number of H-pyrrole nitrogens is 1. The van der Waals surface area contributed by atoms with Gasteiger partial charge in [0, 0.05) is 12.5 Å². The van der Waals surface area contributed by atoms with Gasteiger partial charge in [0.05, 0.1) is 16.7 Å². The number of nitrogens with one attached hydrogen (secondary N) is 1. The first kappa shape index (κ1) is 11.3. The third-order valence-corrected chi connectivity index (χ3v) is 5.16. The van der Waals surface area contributed by atoms with Gasteiger partial charge in [0.15, 0.2) is 9.84 Å². The first-order valence-corrected chi connectivity index (χ1v) is 7.06. The molecule has 5 nitrogen and oxygen atoms in total. The van der Waals surface area contributed by atoms with E-state index in [4.69, 9.17) is 0 Å². The maximum atomic E-state index is 11.8. The van der Waals surface area contributed by atoms with Crippen LogP contribution in [0.3, 0.4) is 0 Å². The summed E-state index contributed by atoms with van der Waals surface area (Å²) in [6.07, 6.45) is 2.81. The Bertz CT molecular complexity index is 501. The Hall–Kier alpha value is -1.17. The summed E-state index contributed by atoms with van der Waals surface area (Å²) in [4.78, 5) is 10.8. The van der Waals surface area contributed by atoms with Crippen molar-refractivity contribution in [1.82, 2.24) is 10.2 Å². The summed E-state index contributed by atoms with van der Waals surface area (Å²) in [5, 5.41) is 5.82. The highest BCUT2D eigenvalue weighted by Gasteiger charge is 2.29. The maximum absolute atomic E-state index is 11.8. The van der Waals surface area contributed by atoms with E-state index in [0.717, 1.165) is 12.8 Å². The average Bonchev–Trinajstić information content (AvgIpc) is 2.24. The van der Waals surface area contributed by atoms with E-state index in [0.29, 0.717) is 18.5 Å². The van der Waals surface area contributed by atoms with Gasteiger partial charge in [-0.2, -0.15) is 5.10 Å². The standard InChI is InChI=1S/C10H14N2O3S/c13-10-5-4-8(11-12-10)7-9-3-1-2-6-16(9,14)15/h4-5,9H,1-3,6-7H2,(H,12,13). The van der Waals surface area contributed by atoms with E-state index in [-0.39, 0.29) is 16.6 Å². The zero-order valence-corrected chi connectivity index (χ0v) is 9.66. The molecule has 1 aliphatic heterocycles. The lowest BCUT2D eigenvalue weighted by Gasteiger charge is -2.21. The molecule has 16 heavy (non-hydrogen) atoms. The second kappa shape index (κ2) is 4.37. The Morgan fingerprint density at radius 1 is 1.38 bits per heavy atom. The second-order valence-corrected chi connectivity index (χ2v) is 6.50. The van der Waals surface area contributed by atoms with Gasteiger partial charge in [-0.1, -0.05) is 6.42 Å². The topological polar surface area (TPSA) is 79.9 Å². The normalized spacial score (nSPS) is 24.1. The smallest absolute Gasteiger partial charge is 0.264 e. The molecule has 1 saturated heterocycles. The van der Waals surface area contributed by atoms with Crippen molar-refractivity contribution in [1.29, 1.82) is 0 Å². The van der Waals surface area contributed by atoms with Crippen LogP contribution in [0.15, 0.2) is 16.9 Å². The molecule has 0 radical (unpaired) electrons. The van der Waals surface area contributed by atoms with E-state index in [1.54, 1.807) is 6.07 Å². The molecule has 1 N–H and O–H groups in total. The summed E-state index contributed by atoms with van der Waals surface area (Å²) in [6, 6.07) is 2.96. The Balaban J connectivity index is 2.14. The molecule has 1 unspecified atom stereocenters. The molecule has 1 aromatic rings. The van der Waals surface area contributed by atoms with Crippen LogP contribution in [-0.4, -0.2) is 29.6 Å². The van der Waals surface area contributed by atoms with Gasteiger partial charge in [-0.25, -0.2) is 13.5 Å². The Kier molecular flexibility index (Phi) is 3.09. The van der Waals surface area contributed by atoms with Crippen LogP contribution < -0.4 is 5.56 Å². The zero-order valence-electron chi connectivity index (χ0n) is 8.85. The van der Waals surface area contributed by atoms with Crippen LogP contribution in [0.1, 0.15) is 25.0 Å². The van der Waals surface area contributed by atoms with E-state index >= 15 is 0 Å². The van der Waals surface area contributed by atoms with E-state index in [2.05, 4.69) is 10.2 Å². The van der Waals surface area contributed by atoms with Gasteiger partial charge < -0.3 is 0 Å². The molecule has 1 aromatic heterocycles. The fraction of sp³-hybridized carbons (Fsp3) is 0.600. The van der Waals surface area contributed by atoms with E-state index in [1.807, 2.05) is 0 Å². The number of aromatic amines is 1. The van der Waals surface area contributed by atoms with Crippen LogP contribution >= 0.6 is 0 Å². The monoisotopic (exact) mass is 242 g/mol. The van der Waals surface area contributed by atoms with Gasteiger partial charge in [0.1, 0.15) is 0 Å². The average molecular weight is 242 g/mol. The molecule has 0 aromatic carbocycles. The van der Waals surface area contributed by atoms with E-state index < -0.39 is 9.84 Å². The van der Waals surface area contributed by atoms with Crippen LogP contribution in [0.25, 0.3) is 0 Å². The predicted octanol–water partition coefficient (Wildman–Crippen LogP) is 0.280. The lowest BCUT2D eigenvalue weighted by Crippen LogP contribution is -2.30. The van der Waals surface area contributed by atoms with Crippen molar-refractivity contribution in [3.8, 4) is 0 Å². The second-order valence-electron chi connectivity index (χ2n) is 4.10. The van der Waals surface area contributed by atoms with Crippen molar-refractivity contribution in [2.45, 2.75) is 30.9 Å². The lowest BCUT2D eigenvalue weighted by molar-refractivity contribution is 0.535. The fourth-order valence-corrected chi connectivity index (χ4v) is 3.86. The van der Waals surface area contributed by atoms with Gasteiger partial charge in [-0.3, -0.25) is 4.79 Å². The largest absolute Gasteiger partial charge is 0.268 e. The van der Waals surface area contributed by atoms with Crippen molar-refractivity contribution in [3.05, 3.63) is 28.2 Å². The van der Waals surface area contributed by atoms with Crippen LogP contribution in [0.2, 0.25) is 0 Å². The van der Waals surface area contributed by atoms with Gasteiger partial charge in [-0.05, 0) is 18.9 Å². The van der Waals surface area contributed by atoms with E-state index in [1.165, 1.54) is 6.07 Å². The molecule has 0 amide bonds. The van der Waals surface area contributed by atoms with Crippen molar-refractivity contribution in [3.63, 3.8) is 0 Å². The Morgan fingerprint density at radius 2 is 2.19 bits per heavy atom. The van der Waals surface area contributed by atoms with Gasteiger partial charge in [0.2, 0.25) is 0 Å². The van der Waals surface area contributed by atoms with Crippen molar-refractivity contribution in [2.24, 2.45) is 0 Å². The molecule has 0 spiro atoms. The minimum Gasteiger partial charge on any atom is -0.268 e. The van der Waals surface area contributed by atoms with Gasteiger partial charge >= 0.3 is 0 Å². The molecule has 2 rings (SSSR count). The maximum Gasteiger partial charge on any atom is 0.264 e. The molecule has 6 heteroatoms. The third-order valence-electron chi connectivity index (χ3n) is 2.89. The number of sulfone groups is 1. The minimum atomic E-state index is -2.96. The third kappa shape index (κ3) is 2.49. The summed E-state index contributed by atoms with van der Waals surface area (Å²) in [7, 11) is -2.96. The number of hydrogen-bond acceptors (Lipinski definition) is 4. The Labute approximate surface area is 93.8 Å². The first-order chi connectivity index (χ1) is 7.58. The highest BCUT2D eigenvalue weighted by Crippen LogP contribution is 2.21. The summed E-state index contributed by atoms with van der Waals surface area (Å²) in [5.74, 6) is 0.279. The SMILES string of the molecule is O=c1ccc(CC2CCCCS2(=O)=O)n[nH]1. The zero-order chi connectivity index (χ0) is 11.6. The molecule has 0 aliphatic carbocycles. The molecule has 88 valence electrons. The predicted molar refractivity (Wildman–Crippen MR) is 60.0 cm³/mol. The highest BCUT2D eigenvalue weighted by atomic mass is 32.2. The number of nitrogens with zero attached hydrogens (tertiary/aromatic N) is 1. The highest BCUT2D eigenvalue weighted by molar-refractivity contribution is 7.92. The molecule has 1 fully saturated rings. The molecular formula is C10H14N2O3S. The minimum absolute atomic E-state index is 0.268. The first-order valence-electron chi connectivity index (χ1n) is 5.34. The summed E-state index contributed by atoms with van der Waals surface area (Å²) < 4.78 is 23.5. The molecule has 0 bridgehead atoms. The lowest BCUT2D eigenvalue weighted by atomic mass is 10.1. The van der Waals surface area contributed by atoms with Crippen LogP contribution in [0.5, 0.6) is 0 Å². The molecule has 1 aliphatic rings. The summed E-state index contributed by atoms with van der Waals surface area (Å²) in [5.41, 5.74) is 0.366. The molecule has 2 heterocycles. The molecular weight excluding hydrogens is 228 g/mol.